The molecule has 1 amide bonds. The molecule has 0 aliphatic rings. The lowest BCUT2D eigenvalue weighted by molar-refractivity contribution is 0.0636. The summed E-state index contributed by atoms with van der Waals surface area (Å²) in [6, 6.07) is 2.28. The van der Waals surface area contributed by atoms with Crippen LogP contribution >= 0.6 is 0 Å². The number of rotatable bonds is 2. The monoisotopic (exact) mass is 269 g/mol. The zero-order valence-corrected chi connectivity index (χ0v) is 11.2. The van der Waals surface area contributed by atoms with Gasteiger partial charge in [-0.1, -0.05) is 0 Å². The van der Waals surface area contributed by atoms with Crippen molar-refractivity contribution in [2.75, 3.05) is 5.32 Å². The summed E-state index contributed by atoms with van der Waals surface area (Å²) in [6.45, 7) is 6.38. The molecule has 0 bridgehead atoms. The summed E-state index contributed by atoms with van der Waals surface area (Å²) in [5, 5.41) is 11.4. The van der Waals surface area contributed by atoms with E-state index in [-0.39, 0.29) is 16.8 Å². The smallest absolute Gasteiger partial charge is 0.412 e. The van der Waals surface area contributed by atoms with Gasteiger partial charge in [-0.2, -0.15) is 0 Å². The van der Waals surface area contributed by atoms with E-state index in [9.17, 15) is 14.0 Å². The van der Waals surface area contributed by atoms with Crippen molar-refractivity contribution in [3.8, 4) is 0 Å². The predicted molar refractivity (Wildman–Crippen MR) is 68.0 cm³/mol. The van der Waals surface area contributed by atoms with E-state index in [4.69, 9.17) is 9.84 Å². The van der Waals surface area contributed by atoms with E-state index < -0.39 is 23.5 Å². The molecular weight excluding hydrogens is 253 g/mol. The highest BCUT2D eigenvalue weighted by atomic mass is 19.1. The fourth-order valence-corrected chi connectivity index (χ4v) is 1.48. The Hall–Kier alpha value is -2.11. The van der Waals surface area contributed by atoms with E-state index in [1.807, 2.05) is 0 Å². The molecule has 0 saturated carbocycles. The number of hydrogen-bond acceptors (Lipinski definition) is 3. The van der Waals surface area contributed by atoms with Crippen molar-refractivity contribution in [3.05, 3.63) is 29.1 Å². The number of amides is 1. The SMILES string of the molecule is Cc1c(F)ccc(NC(=O)OC(C)(C)C)c1C(=O)O. The van der Waals surface area contributed by atoms with E-state index in [2.05, 4.69) is 5.32 Å². The summed E-state index contributed by atoms with van der Waals surface area (Å²) in [7, 11) is 0. The minimum Gasteiger partial charge on any atom is -0.478 e. The molecule has 0 aliphatic heterocycles. The Morgan fingerprint density at radius 2 is 1.89 bits per heavy atom. The highest BCUT2D eigenvalue weighted by Gasteiger charge is 2.21. The Bertz CT molecular complexity index is 520. The highest BCUT2D eigenvalue weighted by Crippen LogP contribution is 2.23. The molecular formula is C13H16FNO4. The number of aromatic carboxylic acids is 1. The summed E-state index contributed by atoms with van der Waals surface area (Å²) in [5.41, 5.74) is -1.03. The number of ether oxygens (including phenoxy) is 1. The molecule has 1 rings (SSSR count). The van der Waals surface area contributed by atoms with Crippen LogP contribution in [0.5, 0.6) is 0 Å². The Morgan fingerprint density at radius 1 is 1.32 bits per heavy atom. The molecule has 5 nitrogen and oxygen atoms in total. The fourth-order valence-electron chi connectivity index (χ4n) is 1.48. The first-order valence-corrected chi connectivity index (χ1v) is 5.64. The minimum atomic E-state index is -1.32. The lowest BCUT2D eigenvalue weighted by Gasteiger charge is -2.20. The number of halogens is 1. The molecule has 0 heterocycles. The molecule has 1 aromatic carbocycles. The molecule has 0 aliphatic carbocycles. The van der Waals surface area contributed by atoms with Gasteiger partial charge in [0.2, 0.25) is 0 Å². The Kier molecular flexibility index (Phi) is 4.14. The number of anilines is 1. The number of carbonyl (C=O) groups excluding carboxylic acids is 1. The van der Waals surface area contributed by atoms with Crippen LogP contribution in [-0.2, 0) is 4.74 Å². The second-order valence-electron chi connectivity index (χ2n) is 5.03. The average molecular weight is 269 g/mol. The molecule has 19 heavy (non-hydrogen) atoms. The lowest BCUT2D eigenvalue weighted by Crippen LogP contribution is -2.28. The lowest BCUT2D eigenvalue weighted by atomic mass is 10.1. The summed E-state index contributed by atoms with van der Waals surface area (Å²) in [5.74, 6) is -1.96. The quantitative estimate of drug-likeness (QED) is 0.864. The molecule has 104 valence electrons. The maximum Gasteiger partial charge on any atom is 0.412 e. The molecule has 0 unspecified atom stereocenters. The molecule has 2 N–H and O–H groups in total. The van der Waals surface area contributed by atoms with Crippen molar-refractivity contribution in [3.63, 3.8) is 0 Å². The van der Waals surface area contributed by atoms with Gasteiger partial charge in [0.05, 0.1) is 11.3 Å². The van der Waals surface area contributed by atoms with Crippen LogP contribution in [0.3, 0.4) is 0 Å². The van der Waals surface area contributed by atoms with Crippen LogP contribution in [-0.4, -0.2) is 22.8 Å². The van der Waals surface area contributed by atoms with Crippen molar-refractivity contribution in [2.45, 2.75) is 33.3 Å². The van der Waals surface area contributed by atoms with Gasteiger partial charge in [0.25, 0.3) is 0 Å². The number of carboxylic acids is 1. The molecule has 1 aromatic rings. The first-order chi connectivity index (χ1) is 8.61. The Balaban J connectivity index is 3.05. The molecule has 0 aromatic heterocycles. The number of carbonyl (C=O) groups is 2. The number of hydrogen-bond donors (Lipinski definition) is 2. The highest BCUT2D eigenvalue weighted by molar-refractivity contribution is 6.00. The second-order valence-corrected chi connectivity index (χ2v) is 5.03. The van der Waals surface area contributed by atoms with Crippen molar-refractivity contribution in [1.82, 2.24) is 0 Å². The van der Waals surface area contributed by atoms with Crippen LogP contribution in [0.4, 0.5) is 14.9 Å². The average Bonchev–Trinajstić information content (AvgIpc) is 2.20. The van der Waals surface area contributed by atoms with Crippen LogP contribution in [0.15, 0.2) is 12.1 Å². The summed E-state index contributed by atoms with van der Waals surface area (Å²) >= 11 is 0. The number of benzene rings is 1. The van der Waals surface area contributed by atoms with Gasteiger partial charge in [0, 0.05) is 5.56 Å². The standard InChI is InChI=1S/C13H16FNO4/c1-7-8(14)5-6-9(10(7)11(16)17)15-12(18)19-13(2,3)4/h5-6H,1-4H3,(H,15,18)(H,16,17). The minimum absolute atomic E-state index is 0.000602. The first-order valence-electron chi connectivity index (χ1n) is 5.64. The normalized spacial score (nSPS) is 11.0. The van der Waals surface area contributed by atoms with Gasteiger partial charge in [-0.25, -0.2) is 14.0 Å². The number of carboxylic acid groups (broad SMARTS) is 1. The second kappa shape index (κ2) is 5.26. The van der Waals surface area contributed by atoms with Gasteiger partial charge in [-0.3, -0.25) is 5.32 Å². The molecule has 0 spiro atoms. The molecule has 0 radical (unpaired) electrons. The van der Waals surface area contributed by atoms with Crippen molar-refractivity contribution < 1.29 is 23.8 Å². The van der Waals surface area contributed by atoms with Gasteiger partial charge < -0.3 is 9.84 Å². The summed E-state index contributed by atoms with van der Waals surface area (Å²) in [4.78, 5) is 22.7. The fraction of sp³-hybridized carbons (Fsp3) is 0.385. The summed E-state index contributed by atoms with van der Waals surface area (Å²) < 4.78 is 18.3. The van der Waals surface area contributed by atoms with E-state index >= 15 is 0 Å². The maximum atomic E-state index is 13.3. The third-order valence-corrected chi connectivity index (χ3v) is 2.25. The summed E-state index contributed by atoms with van der Waals surface area (Å²) in [6.07, 6.45) is -0.791. The zero-order valence-electron chi connectivity index (χ0n) is 11.2. The first kappa shape index (κ1) is 14.9. The topological polar surface area (TPSA) is 75.6 Å². The third kappa shape index (κ3) is 3.94. The van der Waals surface area contributed by atoms with Crippen LogP contribution in [0.25, 0.3) is 0 Å². The van der Waals surface area contributed by atoms with Crippen LogP contribution in [0.1, 0.15) is 36.7 Å². The van der Waals surface area contributed by atoms with Crippen LogP contribution in [0.2, 0.25) is 0 Å². The van der Waals surface area contributed by atoms with E-state index in [0.717, 1.165) is 6.07 Å². The molecule has 0 fully saturated rings. The molecule has 6 heteroatoms. The van der Waals surface area contributed by atoms with Crippen molar-refractivity contribution in [1.29, 1.82) is 0 Å². The van der Waals surface area contributed by atoms with Crippen molar-refractivity contribution in [2.24, 2.45) is 0 Å². The van der Waals surface area contributed by atoms with Gasteiger partial charge in [0.15, 0.2) is 0 Å². The third-order valence-electron chi connectivity index (χ3n) is 2.25. The van der Waals surface area contributed by atoms with Gasteiger partial charge in [-0.15, -0.1) is 0 Å². The number of nitrogens with one attached hydrogen (secondary N) is 1. The molecule has 0 saturated heterocycles. The largest absolute Gasteiger partial charge is 0.478 e. The van der Waals surface area contributed by atoms with E-state index in [1.165, 1.54) is 13.0 Å². The van der Waals surface area contributed by atoms with Gasteiger partial charge >= 0.3 is 12.1 Å². The van der Waals surface area contributed by atoms with Gasteiger partial charge in [-0.05, 0) is 39.8 Å². The van der Waals surface area contributed by atoms with Crippen LogP contribution in [0, 0.1) is 12.7 Å². The van der Waals surface area contributed by atoms with Crippen LogP contribution < -0.4 is 5.32 Å². The zero-order chi connectivity index (χ0) is 14.8. The van der Waals surface area contributed by atoms with E-state index in [0.29, 0.717) is 0 Å². The maximum absolute atomic E-state index is 13.3. The Morgan fingerprint density at radius 3 is 2.37 bits per heavy atom. The van der Waals surface area contributed by atoms with Crippen molar-refractivity contribution >= 4 is 17.7 Å². The van der Waals surface area contributed by atoms with E-state index in [1.54, 1.807) is 20.8 Å². The Labute approximate surface area is 110 Å². The molecule has 0 atom stereocenters. The predicted octanol–water partition coefficient (Wildman–Crippen LogP) is 3.18. The van der Waals surface area contributed by atoms with Gasteiger partial charge in [0.1, 0.15) is 11.4 Å².